The van der Waals surface area contributed by atoms with Crippen molar-refractivity contribution in [3.05, 3.63) is 51.3 Å². The Hall–Kier alpha value is -2.58. The van der Waals surface area contributed by atoms with Gasteiger partial charge in [0.25, 0.3) is 12.1 Å². The maximum atomic E-state index is 13.3. The van der Waals surface area contributed by atoms with Gasteiger partial charge in [0.05, 0.1) is 11.7 Å². The van der Waals surface area contributed by atoms with Crippen LogP contribution in [-0.2, 0) is 4.79 Å². The van der Waals surface area contributed by atoms with Crippen LogP contribution in [0, 0.1) is 10.1 Å². The molecule has 0 aliphatic carbocycles. The molecule has 0 aromatic heterocycles. The molecule has 2 rings (SSSR count). The van der Waals surface area contributed by atoms with Crippen LogP contribution in [0.25, 0.3) is 0 Å². The van der Waals surface area contributed by atoms with Crippen molar-refractivity contribution in [2.75, 3.05) is 0 Å². The lowest BCUT2D eigenvalue weighted by Crippen LogP contribution is -2.54. The van der Waals surface area contributed by atoms with Crippen LogP contribution >= 0.6 is 0 Å². The predicted molar refractivity (Wildman–Crippen MR) is 76.4 cm³/mol. The van der Waals surface area contributed by atoms with Crippen LogP contribution < -0.4 is 4.74 Å². The molecule has 0 unspecified atom stereocenters. The molecule has 0 saturated carbocycles. The SMILES string of the molecule is CC(=O)/C(=C(/C)O)[C@@H]1c2ccccc2O[C@H](C(F)(F)F)[C@H]1[N+](=O)[O-]. The number of benzene rings is 1. The smallest absolute Gasteiger partial charge is 0.432 e. The van der Waals surface area contributed by atoms with Crippen LogP contribution in [-0.4, -0.2) is 34.1 Å². The van der Waals surface area contributed by atoms with Crippen molar-refractivity contribution >= 4 is 5.78 Å². The van der Waals surface area contributed by atoms with Crippen molar-refractivity contribution in [2.24, 2.45) is 0 Å². The van der Waals surface area contributed by atoms with Crippen LogP contribution in [0.2, 0.25) is 0 Å². The van der Waals surface area contributed by atoms with E-state index in [0.717, 1.165) is 13.8 Å². The van der Waals surface area contributed by atoms with E-state index in [1.54, 1.807) is 0 Å². The number of alkyl halides is 3. The van der Waals surface area contributed by atoms with Crippen molar-refractivity contribution in [2.45, 2.75) is 38.1 Å². The van der Waals surface area contributed by atoms with E-state index < -0.39 is 46.3 Å². The summed E-state index contributed by atoms with van der Waals surface area (Å²) in [6.45, 7) is 2.14. The van der Waals surface area contributed by atoms with Gasteiger partial charge in [0.15, 0.2) is 5.78 Å². The molecular formula is C15H14F3NO5. The number of carbonyl (C=O) groups excluding carboxylic acids is 1. The van der Waals surface area contributed by atoms with Gasteiger partial charge in [0, 0.05) is 16.1 Å². The lowest BCUT2D eigenvalue weighted by Gasteiger charge is -2.35. The maximum absolute atomic E-state index is 13.3. The molecule has 0 radical (unpaired) electrons. The number of ketones is 1. The Morgan fingerprint density at radius 3 is 2.33 bits per heavy atom. The number of hydrogen-bond acceptors (Lipinski definition) is 5. The molecular weight excluding hydrogens is 331 g/mol. The lowest BCUT2D eigenvalue weighted by molar-refractivity contribution is -0.546. The molecule has 0 saturated heterocycles. The van der Waals surface area contributed by atoms with Gasteiger partial charge in [-0.3, -0.25) is 14.9 Å². The van der Waals surface area contributed by atoms with Crippen molar-refractivity contribution in [3.8, 4) is 5.75 Å². The van der Waals surface area contributed by atoms with E-state index in [4.69, 9.17) is 4.74 Å². The zero-order valence-electron chi connectivity index (χ0n) is 12.7. The van der Waals surface area contributed by atoms with Crippen molar-refractivity contribution in [1.29, 1.82) is 0 Å². The van der Waals surface area contributed by atoms with Gasteiger partial charge in [-0.25, -0.2) is 0 Å². The standard InChI is InChI=1S/C15H14F3NO5/c1-7(20)11(8(2)21)12-9-5-3-4-6-10(9)24-14(15(16,17)18)13(12)19(22)23/h3-6,12-14,20H,1-2H3/b11-7+/t12-,13-,14-/m0/s1. The van der Waals surface area contributed by atoms with Crippen LogP contribution in [0.1, 0.15) is 25.3 Å². The summed E-state index contributed by atoms with van der Waals surface area (Å²) >= 11 is 0. The van der Waals surface area contributed by atoms with Gasteiger partial charge in [-0.05, 0) is 19.9 Å². The third kappa shape index (κ3) is 3.06. The predicted octanol–water partition coefficient (Wildman–Crippen LogP) is 3.16. The quantitative estimate of drug-likeness (QED) is 0.393. The summed E-state index contributed by atoms with van der Waals surface area (Å²) < 4.78 is 44.7. The Labute approximate surface area is 134 Å². The molecule has 1 aliphatic rings. The molecule has 1 N–H and O–H groups in total. The summed E-state index contributed by atoms with van der Waals surface area (Å²) in [7, 11) is 0. The van der Waals surface area contributed by atoms with Gasteiger partial charge in [-0.2, -0.15) is 13.2 Å². The van der Waals surface area contributed by atoms with E-state index in [1.165, 1.54) is 24.3 Å². The van der Waals surface area contributed by atoms with E-state index >= 15 is 0 Å². The summed E-state index contributed by atoms with van der Waals surface area (Å²) in [4.78, 5) is 22.1. The molecule has 9 heteroatoms. The first-order chi connectivity index (χ1) is 11.1. The van der Waals surface area contributed by atoms with Gasteiger partial charge in [0.2, 0.25) is 0 Å². The molecule has 24 heavy (non-hydrogen) atoms. The number of rotatable bonds is 3. The molecule has 130 valence electrons. The Balaban J connectivity index is 2.77. The summed E-state index contributed by atoms with van der Waals surface area (Å²) in [6, 6.07) is 3.17. The minimum Gasteiger partial charge on any atom is -0.512 e. The molecule has 1 heterocycles. The van der Waals surface area contributed by atoms with Gasteiger partial charge in [-0.1, -0.05) is 18.2 Å². The van der Waals surface area contributed by atoms with E-state index in [-0.39, 0.29) is 11.3 Å². The Morgan fingerprint density at radius 1 is 1.29 bits per heavy atom. The number of halogens is 3. The highest BCUT2D eigenvalue weighted by Gasteiger charge is 2.60. The normalized spacial score (nSPS) is 24.5. The number of para-hydroxylation sites is 1. The fourth-order valence-electron chi connectivity index (χ4n) is 2.93. The largest absolute Gasteiger partial charge is 0.512 e. The fraction of sp³-hybridized carbons (Fsp3) is 0.400. The van der Waals surface area contributed by atoms with Gasteiger partial charge < -0.3 is 9.84 Å². The van der Waals surface area contributed by atoms with Crippen molar-refractivity contribution in [1.82, 2.24) is 0 Å². The molecule has 1 aliphatic heterocycles. The Kier molecular flexibility index (Phi) is 4.54. The first kappa shape index (κ1) is 17.8. The van der Waals surface area contributed by atoms with E-state index in [2.05, 4.69) is 0 Å². The molecule has 1 aromatic carbocycles. The molecule has 0 spiro atoms. The maximum Gasteiger partial charge on any atom is 0.432 e. The second kappa shape index (κ2) is 6.14. The number of nitro groups is 1. The molecule has 0 fully saturated rings. The summed E-state index contributed by atoms with van der Waals surface area (Å²) in [6.07, 6.45) is -7.75. The van der Waals surface area contributed by atoms with E-state index in [9.17, 15) is 33.2 Å². The van der Waals surface area contributed by atoms with E-state index in [1.807, 2.05) is 0 Å². The first-order valence-electron chi connectivity index (χ1n) is 6.92. The number of fused-ring (bicyclic) bond motifs is 1. The Morgan fingerprint density at radius 2 is 1.88 bits per heavy atom. The highest BCUT2D eigenvalue weighted by molar-refractivity contribution is 5.95. The van der Waals surface area contributed by atoms with Crippen molar-refractivity contribution < 1.29 is 32.7 Å². The number of aliphatic hydroxyl groups excluding tert-OH is 1. The van der Waals surface area contributed by atoms with Crippen molar-refractivity contribution in [3.63, 3.8) is 0 Å². The lowest BCUT2D eigenvalue weighted by atomic mass is 9.78. The zero-order chi connectivity index (χ0) is 18.2. The second-order valence-electron chi connectivity index (χ2n) is 5.43. The third-order valence-corrected chi connectivity index (χ3v) is 3.81. The third-order valence-electron chi connectivity index (χ3n) is 3.81. The van der Waals surface area contributed by atoms with Crippen LogP contribution in [0.4, 0.5) is 13.2 Å². The molecule has 3 atom stereocenters. The first-order valence-corrected chi connectivity index (χ1v) is 6.92. The number of hydrogen-bond donors (Lipinski definition) is 1. The summed E-state index contributed by atoms with van der Waals surface area (Å²) in [5.74, 6) is -3.08. The Bertz CT molecular complexity index is 709. The second-order valence-corrected chi connectivity index (χ2v) is 5.43. The summed E-state index contributed by atoms with van der Waals surface area (Å²) in [5, 5.41) is 21.2. The summed E-state index contributed by atoms with van der Waals surface area (Å²) in [5.41, 5.74) is -0.375. The van der Waals surface area contributed by atoms with Crippen LogP contribution in [0.15, 0.2) is 35.6 Å². The number of allylic oxidation sites excluding steroid dienone is 1. The number of Topliss-reactive ketones (excluding diaryl/α,β-unsaturated/α-hetero) is 1. The highest BCUT2D eigenvalue weighted by Crippen LogP contribution is 2.46. The number of aliphatic hydroxyl groups is 1. The number of nitrogens with zero attached hydrogens (tertiary/aromatic N) is 1. The molecule has 0 bridgehead atoms. The fourth-order valence-corrected chi connectivity index (χ4v) is 2.93. The molecule has 1 aromatic rings. The van der Waals surface area contributed by atoms with Gasteiger partial charge >= 0.3 is 6.18 Å². The molecule has 6 nitrogen and oxygen atoms in total. The highest BCUT2D eigenvalue weighted by atomic mass is 19.4. The molecule has 0 amide bonds. The van der Waals surface area contributed by atoms with E-state index in [0.29, 0.717) is 0 Å². The average molecular weight is 345 g/mol. The van der Waals surface area contributed by atoms with Crippen LogP contribution in [0.3, 0.4) is 0 Å². The minimum atomic E-state index is -5.02. The number of ether oxygens (including phenoxy) is 1. The zero-order valence-corrected chi connectivity index (χ0v) is 12.7. The van der Waals surface area contributed by atoms with Crippen LogP contribution in [0.5, 0.6) is 5.75 Å². The topological polar surface area (TPSA) is 89.7 Å². The minimum absolute atomic E-state index is 0.0540. The van der Waals surface area contributed by atoms with Gasteiger partial charge in [0.1, 0.15) is 5.75 Å². The monoisotopic (exact) mass is 345 g/mol. The number of carbonyl (C=O) groups is 1. The average Bonchev–Trinajstić information content (AvgIpc) is 2.44. The van der Waals surface area contributed by atoms with Gasteiger partial charge in [-0.15, -0.1) is 0 Å².